The molecule has 1 aliphatic heterocycles. The predicted octanol–water partition coefficient (Wildman–Crippen LogP) is 3.12. The molecule has 1 radical (unpaired) electrons. The molecule has 0 aromatic heterocycles. The van der Waals surface area contributed by atoms with Crippen molar-refractivity contribution in [2.24, 2.45) is 0 Å². The van der Waals surface area contributed by atoms with Gasteiger partial charge in [0, 0.05) is 38.4 Å². The summed E-state index contributed by atoms with van der Waals surface area (Å²) in [6.45, 7) is 6.62. The van der Waals surface area contributed by atoms with Gasteiger partial charge in [0.25, 0.3) is 0 Å². The number of hydrogen-bond donors (Lipinski definition) is 1. The van der Waals surface area contributed by atoms with E-state index in [2.05, 4.69) is 18.0 Å². The maximum absolute atomic E-state index is 5.40. The summed E-state index contributed by atoms with van der Waals surface area (Å²) in [7, 11) is 0. The van der Waals surface area contributed by atoms with Crippen LogP contribution in [-0.4, -0.2) is 6.61 Å². The van der Waals surface area contributed by atoms with Crippen LogP contribution in [0.5, 0.6) is 5.75 Å². The van der Waals surface area contributed by atoms with Crippen LogP contribution in [0.2, 0.25) is 0 Å². The number of nitrogens with one attached hydrogen (secondary N) is 1. The monoisotopic (exact) mass is 303 g/mol. The van der Waals surface area contributed by atoms with Crippen molar-refractivity contribution in [1.29, 1.82) is 0 Å². The van der Waals surface area contributed by atoms with Crippen molar-refractivity contribution in [3.63, 3.8) is 0 Å². The van der Waals surface area contributed by atoms with E-state index in [1.54, 1.807) is 0 Å². The Morgan fingerprint density at radius 3 is 2.65 bits per heavy atom. The van der Waals surface area contributed by atoms with Crippen LogP contribution in [0.25, 0.3) is 5.70 Å². The summed E-state index contributed by atoms with van der Waals surface area (Å²) in [6, 6.07) is 8.04. The fraction of sp³-hybridized carbons (Fsp3) is 0.286. The Hall–Kier alpha value is -0.596. The van der Waals surface area contributed by atoms with Gasteiger partial charge in [0.1, 0.15) is 5.75 Å². The van der Waals surface area contributed by atoms with E-state index in [1.165, 1.54) is 0 Å². The molecule has 1 aromatic carbocycles. The standard InChI is InChI=1S/C14H16NO.Y/c1-3-16-13-9-7-12(8-10-13)14-6-4-5-11(2)15-14;/h7-10,15H,2-5H2,1H3;/q-1;. The quantitative estimate of drug-likeness (QED) is 0.866. The number of rotatable bonds is 3. The van der Waals surface area contributed by atoms with Crippen LogP contribution >= 0.6 is 0 Å². The van der Waals surface area contributed by atoms with E-state index in [1.807, 2.05) is 31.2 Å². The molecule has 1 N–H and O–H groups in total. The molecule has 0 atom stereocenters. The second kappa shape index (κ2) is 6.98. The summed E-state index contributed by atoms with van der Waals surface area (Å²) in [5.41, 5.74) is 3.21. The molecular formula is C14H16NOY-. The van der Waals surface area contributed by atoms with Crippen LogP contribution in [0.15, 0.2) is 36.5 Å². The van der Waals surface area contributed by atoms with Crippen LogP contribution in [-0.2, 0) is 32.7 Å². The van der Waals surface area contributed by atoms with Crippen molar-refractivity contribution in [3.8, 4) is 5.75 Å². The average molecular weight is 303 g/mol. The molecular weight excluding hydrogens is 287 g/mol. The minimum atomic E-state index is 0. The average Bonchev–Trinajstić information content (AvgIpc) is 2.30. The fourth-order valence-corrected chi connectivity index (χ4v) is 1.68. The Labute approximate surface area is 128 Å². The van der Waals surface area contributed by atoms with Gasteiger partial charge >= 0.3 is 0 Å². The van der Waals surface area contributed by atoms with Gasteiger partial charge < -0.3 is 10.1 Å². The molecule has 0 amide bonds. The maximum atomic E-state index is 5.40. The third kappa shape index (κ3) is 3.97. The number of ether oxygens (including phenoxy) is 1. The third-order valence-electron chi connectivity index (χ3n) is 2.48. The molecule has 0 fully saturated rings. The van der Waals surface area contributed by atoms with E-state index in [-0.39, 0.29) is 32.7 Å². The molecule has 2 nitrogen and oxygen atoms in total. The van der Waals surface area contributed by atoms with E-state index in [0.29, 0.717) is 6.61 Å². The van der Waals surface area contributed by atoms with Crippen LogP contribution in [0.3, 0.4) is 0 Å². The molecule has 2 rings (SSSR count). The minimum absolute atomic E-state index is 0. The second-order valence-electron chi connectivity index (χ2n) is 3.74. The number of hydrogen-bond acceptors (Lipinski definition) is 2. The molecule has 0 unspecified atom stereocenters. The summed E-state index contributed by atoms with van der Waals surface area (Å²) < 4.78 is 5.40. The normalized spacial score (nSPS) is 14.4. The summed E-state index contributed by atoms with van der Waals surface area (Å²) in [4.78, 5) is 0. The van der Waals surface area contributed by atoms with Gasteiger partial charge in [-0.2, -0.15) is 5.56 Å². The fourth-order valence-electron chi connectivity index (χ4n) is 1.68. The van der Waals surface area contributed by atoms with E-state index in [4.69, 9.17) is 4.74 Å². The predicted molar refractivity (Wildman–Crippen MR) is 65.8 cm³/mol. The third-order valence-corrected chi connectivity index (χ3v) is 2.48. The van der Waals surface area contributed by atoms with Gasteiger partial charge in [-0.15, -0.1) is 24.3 Å². The Bertz CT molecular complexity index is 409. The van der Waals surface area contributed by atoms with Gasteiger partial charge in [0.05, 0.1) is 6.61 Å². The second-order valence-corrected chi connectivity index (χ2v) is 3.74. The van der Waals surface area contributed by atoms with Crippen molar-refractivity contribution >= 4 is 5.70 Å². The molecule has 0 spiro atoms. The van der Waals surface area contributed by atoms with Gasteiger partial charge in [-0.05, 0) is 25.5 Å². The molecule has 1 aromatic rings. The Kier molecular flexibility index (Phi) is 5.94. The first-order chi connectivity index (χ1) is 7.79. The topological polar surface area (TPSA) is 21.3 Å². The summed E-state index contributed by atoms with van der Waals surface area (Å²) in [6.07, 6.45) is 5.23. The van der Waals surface area contributed by atoms with Gasteiger partial charge in [0.2, 0.25) is 0 Å². The Morgan fingerprint density at radius 1 is 1.35 bits per heavy atom. The zero-order valence-electron chi connectivity index (χ0n) is 10.1. The summed E-state index contributed by atoms with van der Waals surface area (Å²) in [5, 5.41) is 3.25. The van der Waals surface area contributed by atoms with Crippen molar-refractivity contribution in [2.75, 3.05) is 6.61 Å². The molecule has 3 heteroatoms. The van der Waals surface area contributed by atoms with E-state index in [0.717, 1.165) is 35.5 Å². The molecule has 87 valence electrons. The van der Waals surface area contributed by atoms with Crippen molar-refractivity contribution in [3.05, 3.63) is 48.2 Å². The van der Waals surface area contributed by atoms with Crippen molar-refractivity contribution < 1.29 is 37.4 Å². The summed E-state index contributed by atoms with van der Waals surface area (Å²) in [5.74, 6) is 0.904. The van der Waals surface area contributed by atoms with Crippen LogP contribution in [0.4, 0.5) is 0 Å². The molecule has 0 aliphatic carbocycles. The first-order valence-electron chi connectivity index (χ1n) is 5.58. The smallest absolute Gasteiger partial charge is 0.116 e. The van der Waals surface area contributed by atoms with Crippen molar-refractivity contribution in [1.82, 2.24) is 5.32 Å². The zero-order valence-corrected chi connectivity index (χ0v) is 13.0. The van der Waals surface area contributed by atoms with Crippen molar-refractivity contribution in [2.45, 2.75) is 19.8 Å². The van der Waals surface area contributed by atoms with Crippen LogP contribution < -0.4 is 10.1 Å². The largest absolute Gasteiger partial charge is 0.494 e. The molecule has 0 saturated heterocycles. The maximum Gasteiger partial charge on any atom is 0.116 e. The first-order valence-corrected chi connectivity index (χ1v) is 5.58. The SMILES string of the molecule is C=C1CC[C-]=C(c2ccc(OCC)cc2)N1.[Y]. The Balaban J connectivity index is 0.00000144. The van der Waals surface area contributed by atoms with E-state index in [9.17, 15) is 0 Å². The molecule has 17 heavy (non-hydrogen) atoms. The zero-order chi connectivity index (χ0) is 11.4. The first kappa shape index (κ1) is 14.5. The van der Waals surface area contributed by atoms with E-state index < -0.39 is 0 Å². The van der Waals surface area contributed by atoms with Gasteiger partial charge in [-0.3, -0.25) is 0 Å². The number of benzene rings is 1. The molecule has 0 bridgehead atoms. The van der Waals surface area contributed by atoms with Crippen LogP contribution in [0.1, 0.15) is 25.3 Å². The van der Waals surface area contributed by atoms with Crippen LogP contribution in [0, 0.1) is 6.08 Å². The molecule has 1 heterocycles. The minimum Gasteiger partial charge on any atom is -0.494 e. The Morgan fingerprint density at radius 2 is 2.06 bits per heavy atom. The van der Waals surface area contributed by atoms with Gasteiger partial charge in [-0.25, -0.2) is 6.08 Å². The number of allylic oxidation sites excluding steroid dienone is 2. The molecule has 0 saturated carbocycles. The van der Waals surface area contributed by atoms with E-state index >= 15 is 0 Å². The van der Waals surface area contributed by atoms with Gasteiger partial charge in [0.15, 0.2) is 0 Å². The van der Waals surface area contributed by atoms with Gasteiger partial charge in [-0.1, -0.05) is 6.58 Å². The summed E-state index contributed by atoms with van der Waals surface area (Å²) >= 11 is 0. The molecule has 1 aliphatic rings.